The molecule has 0 saturated heterocycles. The van der Waals surface area contributed by atoms with Crippen LogP contribution in [0.5, 0.6) is 5.75 Å². The predicted molar refractivity (Wildman–Crippen MR) is 85.8 cm³/mol. The second kappa shape index (κ2) is 6.63. The Kier molecular flexibility index (Phi) is 4.85. The first-order chi connectivity index (χ1) is 10.0. The van der Waals surface area contributed by atoms with Crippen molar-refractivity contribution in [2.45, 2.75) is 19.5 Å². The number of nitrogens with one attached hydrogen (secondary N) is 1. The number of nitrogens with zero attached hydrogens (tertiary/aromatic N) is 3. The second-order valence-electron chi connectivity index (χ2n) is 5.38. The molecule has 0 amide bonds. The van der Waals surface area contributed by atoms with Crippen LogP contribution in [0.25, 0.3) is 0 Å². The maximum atomic E-state index is 5.18. The Hall–Kier alpha value is -2.01. The summed E-state index contributed by atoms with van der Waals surface area (Å²) in [5.41, 5.74) is 2.41. The number of benzene rings is 1. The van der Waals surface area contributed by atoms with Gasteiger partial charge >= 0.3 is 0 Å². The van der Waals surface area contributed by atoms with Gasteiger partial charge in [0.1, 0.15) is 5.75 Å². The van der Waals surface area contributed by atoms with E-state index in [2.05, 4.69) is 33.9 Å². The zero-order valence-electron chi connectivity index (χ0n) is 13.4. The lowest BCUT2D eigenvalue weighted by Gasteiger charge is -2.16. The van der Waals surface area contributed by atoms with Gasteiger partial charge in [-0.25, -0.2) is 4.98 Å². The maximum Gasteiger partial charge on any atom is 0.204 e. The summed E-state index contributed by atoms with van der Waals surface area (Å²) in [6, 6.07) is 8.42. The van der Waals surface area contributed by atoms with Crippen molar-refractivity contribution >= 4 is 5.95 Å². The van der Waals surface area contributed by atoms with E-state index in [-0.39, 0.29) is 6.04 Å². The van der Waals surface area contributed by atoms with Crippen molar-refractivity contribution in [3.8, 4) is 5.75 Å². The van der Waals surface area contributed by atoms with E-state index in [1.54, 1.807) is 7.11 Å². The van der Waals surface area contributed by atoms with Crippen LogP contribution in [0.2, 0.25) is 0 Å². The van der Waals surface area contributed by atoms with Crippen molar-refractivity contribution in [3.63, 3.8) is 0 Å². The van der Waals surface area contributed by atoms with Crippen molar-refractivity contribution < 1.29 is 4.74 Å². The van der Waals surface area contributed by atoms with Crippen LogP contribution in [0.1, 0.15) is 24.2 Å². The summed E-state index contributed by atoms with van der Waals surface area (Å²) in [7, 11) is 7.72. The number of ether oxygens (including phenoxy) is 1. The van der Waals surface area contributed by atoms with Crippen molar-refractivity contribution in [2.24, 2.45) is 7.05 Å². The number of aromatic nitrogens is 2. The van der Waals surface area contributed by atoms with E-state index in [1.165, 1.54) is 11.3 Å². The summed E-state index contributed by atoms with van der Waals surface area (Å²) in [5.74, 6) is 1.84. The molecule has 1 N–H and O–H groups in total. The van der Waals surface area contributed by atoms with Crippen molar-refractivity contribution in [2.75, 3.05) is 26.1 Å². The third kappa shape index (κ3) is 3.55. The fourth-order valence-electron chi connectivity index (χ4n) is 2.28. The van der Waals surface area contributed by atoms with Crippen LogP contribution >= 0.6 is 0 Å². The largest absolute Gasteiger partial charge is 0.497 e. The smallest absolute Gasteiger partial charge is 0.204 e. The minimum absolute atomic E-state index is 0.272. The number of hydrogen-bond acceptors (Lipinski definition) is 4. The number of rotatable bonds is 6. The zero-order chi connectivity index (χ0) is 15.4. The summed E-state index contributed by atoms with van der Waals surface area (Å²) in [4.78, 5) is 6.43. The van der Waals surface area contributed by atoms with E-state index in [0.29, 0.717) is 0 Å². The number of anilines is 1. The molecule has 1 heterocycles. The lowest BCUT2D eigenvalue weighted by molar-refractivity contribution is 0.414. The lowest BCUT2D eigenvalue weighted by atomic mass is 10.1. The molecule has 21 heavy (non-hydrogen) atoms. The van der Waals surface area contributed by atoms with Gasteiger partial charge in [-0.2, -0.15) is 0 Å². The maximum absolute atomic E-state index is 5.18. The molecule has 114 valence electrons. The molecule has 0 aliphatic rings. The standard InChI is InChI=1S/C16H24N4O/c1-12(13-6-8-15(21-5)9-7-13)17-10-14-11-18-16(19(2)3)20(14)4/h6-9,11-12,17H,10H2,1-5H3/t12-/m0/s1. The average Bonchev–Trinajstić information content (AvgIpc) is 2.86. The van der Waals surface area contributed by atoms with E-state index in [0.717, 1.165) is 18.2 Å². The minimum Gasteiger partial charge on any atom is -0.497 e. The van der Waals surface area contributed by atoms with E-state index in [9.17, 15) is 0 Å². The highest BCUT2D eigenvalue weighted by Gasteiger charge is 2.10. The van der Waals surface area contributed by atoms with Gasteiger partial charge in [0.2, 0.25) is 5.95 Å². The second-order valence-corrected chi connectivity index (χ2v) is 5.38. The first-order valence-electron chi connectivity index (χ1n) is 7.08. The van der Waals surface area contributed by atoms with Crippen LogP contribution in [0.4, 0.5) is 5.95 Å². The van der Waals surface area contributed by atoms with E-state index >= 15 is 0 Å². The molecule has 1 aromatic heterocycles. The van der Waals surface area contributed by atoms with Crippen LogP contribution in [-0.4, -0.2) is 30.8 Å². The predicted octanol–water partition coefficient (Wildman–Crippen LogP) is 2.35. The fraction of sp³-hybridized carbons (Fsp3) is 0.438. The minimum atomic E-state index is 0.272. The highest BCUT2D eigenvalue weighted by molar-refractivity contribution is 5.31. The molecule has 0 radical (unpaired) electrons. The van der Waals surface area contributed by atoms with Gasteiger partial charge in [0.25, 0.3) is 0 Å². The van der Waals surface area contributed by atoms with E-state index in [4.69, 9.17) is 4.74 Å². The van der Waals surface area contributed by atoms with E-state index < -0.39 is 0 Å². The SMILES string of the molecule is COc1ccc([C@H](C)NCc2cnc(N(C)C)n2C)cc1. The van der Waals surface area contributed by atoms with Crippen LogP contribution in [-0.2, 0) is 13.6 Å². The number of methoxy groups -OCH3 is 1. The van der Waals surface area contributed by atoms with Gasteiger partial charge in [-0.15, -0.1) is 0 Å². The van der Waals surface area contributed by atoms with Gasteiger partial charge < -0.3 is 19.5 Å². The Morgan fingerprint density at radius 2 is 1.95 bits per heavy atom. The zero-order valence-corrected chi connectivity index (χ0v) is 13.4. The highest BCUT2D eigenvalue weighted by Crippen LogP contribution is 2.18. The first-order valence-corrected chi connectivity index (χ1v) is 7.08. The summed E-state index contributed by atoms with van der Waals surface area (Å²) < 4.78 is 7.29. The lowest BCUT2D eigenvalue weighted by Crippen LogP contribution is -2.20. The van der Waals surface area contributed by atoms with Crippen molar-refractivity contribution in [1.82, 2.24) is 14.9 Å². The van der Waals surface area contributed by atoms with E-state index in [1.807, 2.05) is 44.4 Å². The van der Waals surface area contributed by atoms with Gasteiger partial charge in [-0.3, -0.25) is 0 Å². The van der Waals surface area contributed by atoms with Crippen LogP contribution in [0.15, 0.2) is 30.5 Å². The summed E-state index contributed by atoms with van der Waals surface area (Å²) in [6.45, 7) is 2.94. The quantitative estimate of drug-likeness (QED) is 0.886. The molecule has 0 unspecified atom stereocenters. The van der Waals surface area contributed by atoms with Gasteiger partial charge in [-0.1, -0.05) is 12.1 Å². The summed E-state index contributed by atoms with van der Waals surface area (Å²) >= 11 is 0. The molecule has 0 fully saturated rings. The molecule has 2 rings (SSSR count). The summed E-state index contributed by atoms with van der Waals surface area (Å²) in [6.07, 6.45) is 1.92. The van der Waals surface area contributed by atoms with Gasteiger partial charge in [0.15, 0.2) is 0 Å². The van der Waals surface area contributed by atoms with Crippen LogP contribution < -0.4 is 15.0 Å². The molecule has 2 aromatic rings. The van der Waals surface area contributed by atoms with Crippen LogP contribution in [0, 0.1) is 0 Å². The molecule has 0 aliphatic heterocycles. The average molecular weight is 288 g/mol. The van der Waals surface area contributed by atoms with Crippen molar-refractivity contribution in [1.29, 1.82) is 0 Å². The molecule has 0 bridgehead atoms. The van der Waals surface area contributed by atoms with Crippen molar-refractivity contribution in [3.05, 3.63) is 41.7 Å². The monoisotopic (exact) mass is 288 g/mol. The molecule has 5 nitrogen and oxygen atoms in total. The van der Waals surface area contributed by atoms with Crippen LogP contribution in [0.3, 0.4) is 0 Å². The normalized spacial score (nSPS) is 12.2. The van der Waals surface area contributed by atoms with Gasteiger partial charge in [0, 0.05) is 33.7 Å². The Morgan fingerprint density at radius 3 is 2.48 bits per heavy atom. The third-order valence-electron chi connectivity index (χ3n) is 3.67. The molecule has 1 aromatic carbocycles. The molecule has 0 spiro atoms. The molecular formula is C16H24N4O. The molecule has 1 atom stereocenters. The summed E-state index contributed by atoms with van der Waals surface area (Å²) in [5, 5.41) is 3.53. The Balaban J connectivity index is 1.98. The number of hydrogen-bond donors (Lipinski definition) is 1. The topological polar surface area (TPSA) is 42.3 Å². The molecule has 0 aliphatic carbocycles. The molecular weight excluding hydrogens is 264 g/mol. The Morgan fingerprint density at radius 1 is 1.29 bits per heavy atom. The third-order valence-corrected chi connectivity index (χ3v) is 3.67. The van der Waals surface area contributed by atoms with Gasteiger partial charge in [-0.05, 0) is 24.6 Å². The first kappa shape index (κ1) is 15.4. The Bertz CT molecular complexity index is 574. The van der Waals surface area contributed by atoms with Gasteiger partial charge in [0.05, 0.1) is 19.0 Å². The highest BCUT2D eigenvalue weighted by atomic mass is 16.5. The fourth-order valence-corrected chi connectivity index (χ4v) is 2.28. The molecule has 5 heteroatoms. The number of imidazole rings is 1. The Labute approximate surface area is 126 Å². The molecule has 0 saturated carbocycles.